The topological polar surface area (TPSA) is 153 Å². The molecule has 0 unspecified atom stereocenters. The van der Waals surface area contributed by atoms with Crippen LogP contribution in [0.4, 0.5) is 8.78 Å². The summed E-state index contributed by atoms with van der Waals surface area (Å²) in [5, 5.41) is 18.3. The van der Waals surface area contributed by atoms with E-state index >= 15 is 0 Å². The Morgan fingerprint density at radius 2 is 1.82 bits per heavy atom. The molecule has 0 spiro atoms. The summed E-state index contributed by atoms with van der Waals surface area (Å²) in [7, 11) is 1.25. The molecule has 11 nitrogen and oxygen atoms in total. The first-order valence-corrected chi connectivity index (χ1v) is 11.1. The van der Waals surface area contributed by atoms with Gasteiger partial charge in [0.1, 0.15) is 12.4 Å². The molecule has 0 amide bonds. The molecule has 0 saturated heterocycles. The van der Waals surface area contributed by atoms with Crippen molar-refractivity contribution in [1.82, 2.24) is 14.5 Å². The van der Waals surface area contributed by atoms with E-state index in [1.807, 2.05) is 0 Å². The number of fused-ring (bicyclic) bond motifs is 1. The number of carbonyl (C=O) groups is 2. The number of aryl methyl sites for hydroxylation is 1. The Hall–Kier alpha value is -4.65. The lowest BCUT2D eigenvalue weighted by atomic mass is 10.2. The van der Waals surface area contributed by atoms with Gasteiger partial charge in [-0.2, -0.15) is 0 Å². The first kappa shape index (κ1) is 26.4. The number of carboxylic acid groups (broad SMARTS) is 2. The molecule has 4 rings (SSSR count). The number of rotatable bonds is 9. The molecule has 2 aromatic carbocycles. The van der Waals surface area contributed by atoms with Crippen LogP contribution in [0.2, 0.25) is 5.02 Å². The minimum absolute atomic E-state index is 0.0141. The van der Waals surface area contributed by atoms with E-state index in [4.69, 9.17) is 30.9 Å². The second kappa shape index (κ2) is 10.4. The van der Waals surface area contributed by atoms with Gasteiger partial charge in [-0.05, 0) is 30.7 Å². The van der Waals surface area contributed by atoms with Crippen LogP contribution in [-0.2, 0) is 11.4 Å². The summed E-state index contributed by atoms with van der Waals surface area (Å²) in [6.45, 7) is 0.205. The number of methoxy groups -OCH3 is 1. The Kier molecular flexibility index (Phi) is 7.21. The molecule has 0 bridgehead atoms. The highest BCUT2D eigenvalue weighted by Gasteiger charge is 2.22. The van der Waals surface area contributed by atoms with Crippen molar-refractivity contribution in [2.75, 3.05) is 13.7 Å². The van der Waals surface area contributed by atoms with Crippen LogP contribution < -0.4 is 19.9 Å². The fourth-order valence-corrected chi connectivity index (χ4v) is 3.91. The Balaban J connectivity index is 1.87. The van der Waals surface area contributed by atoms with Crippen LogP contribution in [0.1, 0.15) is 21.6 Å². The second-order valence-corrected chi connectivity index (χ2v) is 8.26. The number of H-pyrrole nitrogens is 1. The van der Waals surface area contributed by atoms with E-state index in [1.165, 1.54) is 25.3 Å². The van der Waals surface area contributed by atoms with Crippen LogP contribution in [0.15, 0.2) is 35.1 Å². The normalized spacial score (nSPS) is 11.0. The van der Waals surface area contributed by atoms with Crippen molar-refractivity contribution >= 4 is 34.7 Å². The predicted molar refractivity (Wildman–Crippen MR) is 129 cm³/mol. The highest BCUT2D eigenvalue weighted by Crippen LogP contribution is 2.37. The molecule has 0 saturated carbocycles. The minimum atomic E-state index is -1.33. The molecule has 0 aliphatic rings. The highest BCUT2D eigenvalue weighted by atomic mass is 35.5. The predicted octanol–water partition coefficient (Wildman–Crippen LogP) is 3.70. The van der Waals surface area contributed by atoms with Gasteiger partial charge in [-0.15, -0.1) is 0 Å². The number of aromatic amines is 1. The lowest BCUT2D eigenvalue weighted by molar-refractivity contribution is -0.139. The number of carboxylic acids is 2. The van der Waals surface area contributed by atoms with Crippen LogP contribution in [0.5, 0.6) is 17.2 Å². The van der Waals surface area contributed by atoms with Crippen LogP contribution in [0.25, 0.3) is 16.9 Å². The van der Waals surface area contributed by atoms with Gasteiger partial charge in [0, 0.05) is 12.1 Å². The van der Waals surface area contributed by atoms with Gasteiger partial charge in [0.15, 0.2) is 41.1 Å². The average molecular weight is 550 g/mol. The lowest BCUT2D eigenvalue weighted by Crippen LogP contribution is -2.16. The monoisotopic (exact) mass is 549 g/mol. The third kappa shape index (κ3) is 4.95. The van der Waals surface area contributed by atoms with Crippen molar-refractivity contribution < 1.29 is 42.8 Å². The van der Waals surface area contributed by atoms with Crippen LogP contribution >= 0.6 is 11.6 Å². The summed E-state index contributed by atoms with van der Waals surface area (Å²) in [6.07, 6.45) is 0. The smallest absolute Gasteiger partial charge is 0.354 e. The molecular formula is C24H18ClF2N3O8. The molecule has 3 N–H and O–H groups in total. The molecule has 0 fully saturated rings. The number of hydrogen-bond acceptors (Lipinski definition) is 7. The third-order valence-electron chi connectivity index (χ3n) is 5.41. The van der Waals surface area contributed by atoms with Gasteiger partial charge in [0.05, 0.1) is 28.9 Å². The molecule has 2 aromatic heterocycles. The summed E-state index contributed by atoms with van der Waals surface area (Å²) in [5.74, 6) is -5.40. The highest BCUT2D eigenvalue weighted by molar-refractivity contribution is 6.32. The summed E-state index contributed by atoms with van der Waals surface area (Å²) in [4.78, 5) is 42.1. The summed E-state index contributed by atoms with van der Waals surface area (Å²) >= 11 is 6.40. The van der Waals surface area contributed by atoms with E-state index in [-0.39, 0.29) is 50.4 Å². The summed E-state index contributed by atoms with van der Waals surface area (Å²) < 4.78 is 45.3. The van der Waals surface area contributed by atoms with Gasteiger partial charge >= 0.3 is 17.6 Å². The third-order valence-corrected chi connectivity index (χ3v) is 5.72. The molecule has 2 heterocycles. The number of ether oxygens (including phenoxy) is 3. The molecular weight excluding hydrogens is 532 g/mol. The standard InChI is InChI=1S/C24H18ClF2N3O8/c1-10-5-14(23(33)34)28-22-21(10)29-24(35)30(22)15-7-18(17(6-12(15)25)38-9-19(31)32)37-8-11-16(36-2)4-3-13(26)20(11)27/h3-7H,8-9H2,1-2H3,(H,29,35)(H,31,32)(H,33,34). The van der Waals surface area contributed by atoms with E-state index in [9.17, 15) is 28.3 Å². The van der Waals surface area contributed by atoms with Crippen molar-refractivity contribution in [3.8, 4) is 22.9 Å². The zero-order valence-corrected chi connectivity index (χ0v) is 20.4. The van der Waals surface area contributed by atoms with Crippen molar-refractivity contribution in [3.63, 3.8) is 0 Å². The van der Waals surface area contributed by atoms with E-state index in [2.05, 4.69) is 9.97 Å². The second-order valence-electron chi connectivity index (χ2n) is 7.86. The lowest BCUT2D eigenvalue weighted by Gasteiger charge is -2.16. The Morgan fingerprint density at radius 3 is 2.47 bits per heavy atom. The fraction of sp³-hybridized carbons (Fsp3) is 0.167. The molecule has 4 aromatic rings. The largest absolute Gasteiger partial charge is 0.496 e. The molecule has 0 aliphatic carbocycles. The van der Waals surface area contributed by atoms with Crippen molar-refractivity contribution in [2.24, 2.45) is 0 Å². The van der Waals surface area contributed by atoms with Gasteiger partial charge in [0.2, 0.25) is 0 Å². The molecule has 0 aliphatic heterocycles. The maximum atomic E-state index is 14.5. The number of aromatic carboxylic acids is 1. The quantitative estimate of drug-likeness (QED) is 0.283. The van der Waals surface area contributed by atoms with Gasteiger partial charge in [-0.3, -0.25) is 0 Å². The molecule has 38 heavy (non-hydrogen) atoms. The van der Waals surface area contributed by atoms with Crippen molar-refractivity contribution in [2.45, 2.75) is 13.5 Å². The number of aliphatic carboxylic acids is 1. The van der Waals surface area contributed by atoms with Crippen LogP contribution in [-0.4, -0.2) is 50.4 Å². The maximum Gasteiger partial charge on any atom is 0.354 e. The van der Waals surface area contributed by atoms with Gasteiger partial charge < -0.3 is 29.4 Å². The molecule has 0 radical (unpaired) electrons. The maximum absolute atomic E-state index is 14.5. The fourth-order valence-electron chi connectivity index (χ4n) is 3.68. The van der Waals surface area contributed by atoms with Crippen molar-refractivity contribution in [1.29, 1.82) is 0 Å². The SMILES string of the molecule is COc1ccc(F)c(F)c1COc1cc(-n2c(=O)[nH]c3c(C)cc(C(=O)O)nc32)c(Cl)cc1OCC(=O)O. The minimum Gasteiger partial charge on any atom is -0.496 e. The number of aromatic nitrogens is 3. The van der Waals surface area contributed by atoms with Crippen molar-refractivity contribution in [3.05, 3.63) is 74.3 Å². The van der Waals surface area contributed by atoms with Crippen LogP contribution in [0.3, 0.4) is 0 Å². The molecule has 198 valence electrons. The summed E-state index contributed by atoms with van der Waals surface area (Å²) in [6, 6.07) is 5.72. The first-order valence-electron chi connectivity index (χ1n) is 10.7. The Bertz CT molecular complexity index is 1650. The first-order chi connectivity index (χ1) is 18.0. The Morgan fingerprint density at radius 1 is 1.11 bits per heavy atom. The zero-order valence-electron chi connectivity index (χ0n) is 19.7. The van der Waals surface area contributed by atoms with E-state index in [0.29, 0.717) is 5.56 Å². The molecule has 0 atom stereocenters. The van der Waals surface area contributed by atoms with Gasteiger partial charge in [-0.25, -0.2) is 32.7 Å². The Labute approximate surface area is 216 Å². The molecule has 14 heteroatoms. The average Bonchev–Trinajstić information content (AvgIpc) is 3.20. The van der Waals surface area contributed by atoms with Gasteiger partial charge in [0.25, 0.3) is 0 Å². The van der Waals surface area contributed by atoms with E-state index < -0.39 is 42.5 Å². The van der Waals surface area contributed by atoms with Gasteiger partial charge in [-0.1, -0.05) is 11.6 Å². The van der Waals surface area contributed by atoms with E-state index in [0.717, 1.165) is 16.7 Å². The zero-order chi connectivity index (χ0) is 27.7. The van der Waals surface area contributed by atoms with E-state index in [1.54, 1.807) is 6.92 Å². The van der Waals surface area contributed by atoms with Crippen LogP contribution in [0, 0.1) is 18.6 Å². The number of halogens is 3. The number of imidazole rings is 1. The number of hydrogen-bond donors (Lipinski definition) is 3. The number of benzene rings is 2. The summed E-state index contributed by atoms with van der Waals surface area (Å²) in [5.41, 5.74) is -0.754. The number of nitrogens with one attached hydrogen (secondary N) is 1. The number of pyridine rings is 1. The number of nitrogens with zero attached hydrogens (tertiary/aromatic N) is 2.